The van der Waals surface area contributed by atoms with Crippen LogP contribution >= 0.6 is 11.6 Å². The number of rotatable bonds is 4. The summed E-state index contributed by atoms with van der Waals surface area (Å²) in [5.41, 5.74) is 1.02. The maximum absolute atomic E-state index is 13.6. The largest absolute Gasteiger partial charge is 0.418 e. The molecule has 0 bridgehead atoms. The third kappa shape index (κ3) is 3.86. The zero-order valence-corrected chi connectivity index (χ0v) is 16.1. The third-order valence-electron chi connectivity index (χ3n) is 4.59. The molecule has 5 nitrogen and oxygen atoms in total. The van der Waals surface area contributed by atoms with Gasteiger partial charge in [0.15, 0.2) is 11.7 Å². The van der Waals surface area contributed by atoms with Gasteiger partial charge in [-0.05, 0) is 36.4 Å². The fourth-order valence-corrected chi connectivity index (χ4v) is 3.33. The number of aromatic amines is 2. The molecule has 3 aromatic heterocycles. The summed E-state index contributed by atoms with van der Waals surface area (Å²) in [4.78, 5) is 18.4. The summed E-state index contributed by atoms with van der Waals surface area (Å²) in [6.07, 6.45) is -1.58. The normalized spacial score (nSPS) is 12.7. The van der Waals surface area contributed by atoms with E-state index in [1.165, 1.54) is 18.3 Å². The molecule has 152 valence electrons. The van der Waals surface area contributed by atoms with Crippen LogP contribution in [-0.4, -0.2) is 17.1 Å². The number of aromatic nitrogens is 3. The van der Waals surface area contributed by atoms with E-state index in [-0.39, 0.29) is 11.4 Å². The van der Waals surface area contributed by atoms with E-state index in [0.717, 1.165) is 5.56 Å². The van der Waals surface area contributed by atoms with Crippen LogP contribution in [0.2, 0.25) is 5.02 Å². The Kier molecular flexibility index (Phi) is 5.17. The molecular formula is C21H16ClF3N4O+2. The van der Waals surface area contributed by atoms with Gasteiger partial charge in [-0.15, -0.1) is 0 Å². The average molecular weight is 433 g/mol. The van der Waals surface area contributed by atoms with Crippen molar-refractivity contribution in [1.82, 2.24) is 10.3 Å². The number of pyridine rings is 2. The number of fused-ring (bicyclic) bond motifs is 1. The molecule has 0 saturated heterocycles. The SMILES string of the molecule is O=C(NC(c1cccc[nH+]1)C(F)(F)F)c1[nH]c(-c2ccc(Cl)cc2)[n+]2ccccc12. The van der Waals surface area contributed by atoms with Crippen molar-refractivity contribution < 1.29 is 27.4 Å². The number of hydrogen-bond donors (Lipinski definition) is 2. The molecule has 3 N–H and O–H groups in total. The molecule has 30 heavy (non-hydrogen) atoms. The van der Waals surface area contributed by atoms with Crippen molar-refractivity contribution in [2.24, 2.45) is 0 Å². The van der Waals surface area contributed by atoms with Gasteiger partial charge in [0.1, 0.15) is 0 Å². The fourth-order valence-electron chi connectivity index (χ4n) is 3.20. The molecule has 4 aromatic rings. The van der Waals surface area contributed by atoms with Crippen LogP contribution in [0.25, 0.3) is 16.9 Å². The topological polar surface area (TPSA) is 63.1 Å². The number of H-pyrrole nitrogens is 2. The summed E-state index contributed by atoms with van der Waals surface area (Å²) in [7, 11) is 0. The summed E-state index contributed by atoms with van der Waals surface area (Å²) in [6.45, 7) is 0. The first kappa shape index (κ1) is 19.9. The second-order valence-corrected chi connectivity index (χ2v) is 7.01. The second-order valence-electron chi connectivity index (χ2n) is 6.58. The number of halogens is 4. The first-order chi connectivity index (χ1) is 14.3. The van der Waals surface area contributed by atoms with E-state index < -0.39 is 18.1 Å². The summed E-state index contributed by atoms with van der Waals surface area (Å²) >= 11 is 5.94. The Morgan fingerprint density at radius 1 is 1.07 bits per heavy atom. The molecule has 0 radical (unpaired) electrons. The zero-order chi connectivity index (χ0) is 21.3. The molecular weight excluding hydrogens is 417 g/mol. The first-order valence-corrected chi connectivity index (χ1v) is 9.35. The van der Waals surface area contributed by atoms with Gasteiger partial charge in [0, 0.05) is 17.2 Å². The number of benzene rings is 1. The molecule has 0 aliphatic carbocycles. The van der Waals surface area contributed by atoms with E-state index >= 15 is 0 Å². The van der Waals surface area contributed by atoms with Crippen LogP contribution in [0.15, 0.2) is 73.1 Å². The average Bonchev–Trinajstić information content (AvgIpc) is 3.12. The van der Waals surface area contributed by atoms with Gasteiger partial charge in [0.05, 0.1) is 11.8 Å². The number of carbonyl (C=O) groups excluding carboxylic acids is 1. The van der Waals surface area contributed by atoms with Crippen LogP contribution in [0.3, 0.4) is 0 Å². The van der Waals surface area contributed by atoms with Gasteiger partial charge in [-0.3, -0.25) is 4.79 Å². The monoisotopic (exact) mass is 432 g/mol. The molecule has 9 heteroatoms. The number of imidazole rings is 1. The quantitative estimate of drug-likeness (QED) is 0.472. The van der Waals surface area contributed by atoms with Crippen molar-refractivity contribution in [2.75, 3.05) is 0 Å². The van der Waals surface area contributed by atoms with Crippen LogP contribution in [0.4, 0.5) is 13.2 Å². The molecule has 0 aliphatic heterocycles. The first-order valence-electron chi connectivity index (χ1n) is 8.97. The standard InChI is InChI=1S/C21H14ClF3N4O/c22-14-9-7-13(8-10-14)19-27-17(16-6-2-4-12-29(16)19)20(30)28-18(21(23,24)25)15-5-1-3-11-26-15/h1-12,18H,(H,28,30)/p+2. The lowest BCUT2D eigenvalue weighted by Gasteiger charge is -2.17. The lowest BCUT2D eigenvalue weighted by molar-refractivity contribution is -0.498. The summed E-state index contributed by atoms with van der Waals surface area (Å²) in [6, 6.07) is 14.1. The van der Waals surface area contributed by atoms with Crippen molar-refractivity contribution in [2.45, 2.75) is 12.2 Å². The number of carbonyl (C=O) groups is 1. The van der Waals surface area contributed by atoms with E-state index in [2.05, 4.69) is 15.3 Å². The van der Waals surface area contributed by atoms with Crippen LogP contribution in [0.5, 0.6) is 0 Å². The summed E-state index contributed by atoms with van der Waals surface area (Å²) < 4.78 is 42.6. The highest BCUT2D eigenvalue weighted by Crippen LogP contribution is 2.31. The predicted molar refractivity (Wildman–Crippen MR) is 104 cm³/mol. The van der Waals surface area contributed by atoms with Crippen LogP contribution in [0.1, 0.15) is 22.2 Å². The van der Waals surface area contributed by atoms with Crippen molar-refractivity contribution in [3.05, 3.63) is 89.5 Å². The van der Waals surface area contributed by atoms with Gasteiger partial charge in [0.2, 0.25) is 17.4 Å². The Labute approximate surface area is 174 Å². The van der Waals surface area contributed by atoms with Gasteiger partial charge < -0.3 is 5.32 Å². The molecule has 0 saturated carbocycles. The molecule has 0 aliphatic rings. The number of amides is 1. The van der Waals surface area contributed by atoms with E-state index in [1.54, 1.807) is 59.1 Å². The summed E-state index contributed by atoms with van der Waals surface area (Å²) in [5, 5.41) is 2.64. The maximum Gasteiger partial charge on any atom is 0.418 e. The third-order valence-corrected chi connectivity index (χ3v) is 4.84. The molecule has 4 rings (SSSR count). The summed E-state index contributed by atoms with van der Waals surface area (Å²) in [5.74, 6) is -0.333. The van der Waals surface area contributed by atoms with Crippen LogP contribution < -0.4 is 14.7 Å². The molecule has 1 unspecified atom stereocenters. The van der Waals surface area contributed by atoms with E-state index in [0.29, 0.717) is 16.4 Å². The fraction of sp³-hybridized carbons (Fsp3) is 0.0952. The lowest BCUT2D eigenvalue weighted by Crippen LogP contribution is -2.41. The van der Waals surface area contributed by atoms with Gasteiger partial charge in [-0.2, -0.15) is 17.6 Å². The minimum atomic E-state index is -4.68. The van der Waals surface area contributed by atoms with Crippen LogP contribution in [-0.2, 0) is 0 Å². The van der Waals surface area contributed by atoms with Crippen molar-refractivity contribution in [3.8, 4) is 11.4 Å². The Morgan fingerprint density at radius 3 is 2.47 bits per heavy atom. The highest BCUT2D eigenvalue weighted by molar-refractivity contribution is 6.30. The van der Waals surface area contributed by atoms with Crippen molar-refractivity contribution >= 4 is 23.0 Å². The van der Waals surface area contributed by atoms with Gasteiger partial charge >= 0.3 is 6.18 Å². The van der Waals surface area contributed by atoms with Crippen molar-refractivity contribution in [3.63, 3.8) is 0 Å². The minimum Gasteiger partial charge on any atom is -0.328 e. The number of alkyl halides is 3. The number of hydrogen-bond acceptors (Lipinski definition) is 1. The van der Waals surface area contributed by atoms with Crippen LogP contribution in [0, 0.1) is 0 Å². The number of nitrogens with one attached hydrogen (secondary N) is 3. The van der Waals surface area contributed by atoms with E-state index in [4.69, 9.17) is 11.6 Å². The molecule has 0 spiro atoms. The van der Waals surface area contributed by atoms with E-state index in [1.807, 2.05) is 0 Å². The van der Waals surface area contributed by atoms with Crippen molar-refractivity contribution in [1.29, 1.82) is 0 Å². The molecule has 1 amide bonds. The second kappa shape index (κ2) is 7.79. The molecule has 1 atom stereocenters. The predicted octanol–water partition coefficient (Wildman–Crippen LogP) is 3.92. The Hall–Kier alpha value is -3.39. The van der Waals surface area contributed by atoms with E-state index in [9.17, 15) is 18.0 Å². The Balaban J connectivity index is 1.75. The number of nitrogens with zero attached hydrogens (tertiary/aromatic N) is 1. The Morgan fingerprint density at radius 2 is 1.80 bits per heavy atom. The van der Waals surface area contributed by atoms with Gasteiger partial charge in [-0.25, -0.2) is 9.97 Å². The minimum absolute atomic E-state index is 0.0192. The molecule has 3 heterocycles. The maximum atomic E-state index is 13.6. The highest BCUT2D eigenvalue weighted by Gasteiger charge is 2.46. The zero-order valence-electron chi connectivity index (χ0n) is 15.4. The highest BCUT2D eigenvalue weighted by atomic mass is 35.5. The molecule has 1 aromatic carbocycles. The smallest absolute Gasteiger partial charge is 0.328 e. The molecule has 0 fully saturated rings. The lowest BCUT2D eigenvalue weighted by atomic mass is 10.1. The van der Waals surface area contributed by atoms with Gasteiger partial charge in [0.25, 0.3) is 11.7 Å². The Bertz CT molecular complexity index is 1190. The van der Waals surface area contributed by atoms with Gasteiger partial charge in [-0.1, -0.05) is 23.7 Å².